The molecule has 1 saturated carbocycles. The van der Waals surface area contributed by atoms with E-state index in [1.165, 1.54) is 0 Å². The zero-order valence-electron chi connectivity index (χ0n) is 20.1. The SMILES string of the molecule is COc1cc(N2CCN(C)CC2)ccc1-c1nc2nccc(N[C@H]3C(C(N)=O)[C@@H]4C=C[C@H]3C4)c2[nH]1. The zero-order chi connectivity index (χ0) is 24.1. The molecule has 6 rings (SSSR count). The van der Waals surface area contributed by atoms with Crippen molar-refractivity contribution < 1.29 is 9.53 Å². The van der Waals surface area contributed by atoms with E-state index in [2.05, 4.69) is 62.5 Å². The van der Waals surface area contributed by atoms with Gasteiger partial charge in [-0.1, -0.05) is 12.2 Å². The molecule has 9 nitrogen and oxygen atoms in total. The molecule has 35 heavy (non-hydrogen) atoms. The van der Waals surface area contributed by atoms with Crippen LogP contribution in [0.2, 0.25) is 0 Å². The number of amides is 1. The molecule has 1 unspecified atom stereocenters. The van der Waals surface area contributed by atoms with Crippen LogP contribution < -0.4 is 20.7 Å². The Hall–Kier alpha value is -3.59. The molecule has 182 valence electrons. The highest BCUT2D eigenvalue weighted by Gasteiger charge is 2.47. The van der Waals surface area contributed by atoms with E-state index in [0.29, 0.717) is 17.4 Å². The summed E-state index contributed by atoms with van der Waals surface area (Å²) in [4.78, 5) is 29.6. The van der Waals surface area contributed by atoms with Crippen LogP contribution in [0.1, 0.15) is 6.42 Å². The standard InChI is InChI=1S/C26H31N7O2/c1-32-9-11-33(12-10-32)17-5-6-18(20(14-17)35-2)25-30-23-19(7-8-28-26(23)31-25)29-22-16-4-3-15(13-16)21(22)24(27)34/h3-8,14-16,21-22H,9-13H2,1-2H3,(H2,27,34)(H2,28,29,30,31)/t15-,16+,21?,22-/m1/s1. The average molecular weight is 474 g/mol. The third-order valence-corrected chi connectivity index (χ3v) is 7.81. The lowest BCUT2D eigenvalue weighted by atomic mass is 9.88. The largest absolute Gasteiger partial charge is 0.496 e. The number of nitrogens with two attached hydrogens (primary N) is 1. The van der Waals surface area contributed by atoms with Crippen LogP contribution in [-0.4, -0.2) is 72.1 Å². The maximum atomic E-state index is 12.2. The maximum Gasteiger partial charge on any atom is 0.223 e. The Kier molecular flexibility index (Phi) is 5.36. The molecular formula is C26H31N7O2. The van der Waals surface area contributed by atoms with Crippen molar-refractivity contribution in [2.45, 2.75) is 12.5 Å². The molecule has 1 amide bonds. The van der Waals surface area contributed by atoms with Gasteiger partial charge in [-0.2, -0.15) is 0 Å². The Balaban J connectivity index is 1.31. The van der Waals surface area contributed by atoms with E-state index in [0.717, 1.165) is 60.8 Å². The van der Waals surface area contributed by atoms with Gasteiger partial charge in [0.25, 0.3) is 0 Å². The van der Waals surface area contributed by atoms with Crippen LogP contribution in [-0.2, 0) is 4.79 Å². The number of imidazole rings is 1. The predicted molar refractivity (Wildman–Crippen MR) is 136 cm³/mol. The number of carbonyl (C=O) groups excluding carboxylic acids is 1. The zero-order valence-corrected chi connectivity index (χ0v) is 20.1. The van der Waals surface area contributed by atoms with Crippen molar-refractivity contribution in [1.82, 2.24) is 19.9 Å². The molecule has 3 aromatic rings. The summed E-state index contributed by atoms with van der Waals surface area (Å²) in [5.41, 5.74) is 10.1. The number of rotatable bonds is 6. The number of methoxy groups -OCH3 is 1. The van der Waals surface area contributed by atoms with E-state index in [9.17, 15) is 4.79 Å². The molecule has 2 aliphatic carbocycles. The van der Waals surface area contributed by atoms with Crippen LogP contribution in [0.5, 0.6) is 5.75 Å². The van der Waals surface area contributed by atoms with Gasteiger partial charge >= 0.3 is 0 Å². The molecule has 2 fully saturated rings. The molecule has 4 atom stereocenters. The number of ether oxygens (including phenoxy) is 1. The number of fused-ring (bicyclic) bond motifs is 3. The summed E-state index contributed by atoms with van der Waals surface area (Å²) in [7, 11) is 3.84. The molecule has 9 heteroatoms. The summed E-state index contributed by atoms with van der Waals surface area (Å²) in [6.07, 6.45) is 7.04. The number of likely N-dealkylation sites (N-methyl/N-ethyl adjacent to an activating group) is 1. The van der Waals surface area contributed by atoms with E-state index in [-0.39, 0.29) is 23.8 Å². The number of hydrogen-bond donors (Lipinski definition) is 3. The lowest BCUT2D eigenvalue weighted by molar-refractivity contribution is -0.122. The van der Waals surface area contributed by atoms with Crippen molar-refractivity contribution in [3.63, 3.8) is 0 Å². The van der Waals surface area contributed by atoms with Crippen molar-refractivity contribution in [2.24, 2.45) is 23.5 Å². The van der Waals surface area contributed by atoms with Gasteiger partial charge in [0.2, 0.25) is 5.91 Å². The van der Waals surface area contributed by atoms with Gasteiger partial charge in [-0.05, 0) is 43.5 Å². The van der Waals surface area contributed by atoms with Crippen molar-refractivity contribution in [3.05, 3.63) is 42.6 Å². The van der Waals surface area contributed by atoms with Crippen LogP contribution in [0.4, 0.5) is 11.4 Å². The van der Waals surface area contributed by atoms with Crippen molar-refractivity contribution in [1.29, 1.82) is 0 Å². The Labute approximate surface area is 204 Å². The van der Waals surface area contributed by atoms with Crippen LogP contribution in [0.3, 0.4) is 0 Å². The van der Waals surface area contributed by atoms with Crippen molar-refractivity contribution in [2.75, 3.05) is 50.6 Å². The molecule has 0 spiro atoms. The smallest absolute Gasteiger partial charge is 0.223 e. The number of pyridine rings is 1. The fourth-order valence-corrected chi connectivity index (χ4v) is 5.88. The molecule has 1 aromatic carbocycles. The first-order valence-electron chi connectivity index (χ1n) is 12.2. The monoisotopic (exact) mass is 473 g/mol. The first kappa shape index (κ1) is 21.9. The number of aromatic nitrogens is 3. The minimum Gasteiger partial charge on any atom is -0.496 e. The Morgan fingerprint density at radius 1 is 1.17 bits per heavy atom. The van der Waals surface area contributed by atoms with Crippen LogP contribution in [0.15, 0.2) is 42.6 Å². The van der Waals surface area contributed by atoms with Crippen molar-refractivity contribution >= 4 is 28.4 Å². The first-order chi connectivity index (χ1) is 17.0. The molecule has 2 bridgehead atoms. The number of anilines is 2. The van der Waals surface area contributed by atoms with E-state index in [1.54, 1.807) is 13.3 Å². The number of allylic oxidation sites excluding steroid dienone is 1. The van der Waals surface area contributed by atoms with Gasteiger partial charge in [0.15, 0.2) is 5.65 Å². The molecule has 3 heterocycles. The van der Waals surface area contributed by atoms with E-state index in [4.69, 9.17) is 15.5 Å². The fraction of sp³-hybridized carbons (Fsp3) is 0.423. The number of carbonyl (C=O) groups is 1. The van der Waals surface area contributed by atoms with Gasteiger partial charge < -0.3 is 30.6 Å². The highest BCUT2D eigenvalue weighted by Crippen LogP contribution is 2.45. The minimum absolute atomic E-state index is 0.0303. The number of nitrogens with zero attached hydrogens (tertiary/aromatic N) is 4. The third-order valence-electron chi connectivity index (χ3n) is 7.81. The van der Waals surface area contributed by atoms with E-state index >= 15 is 0 Å². The molecule has 3 aliphatic rings. The highest BCUT2D eigenvalue weighted by atomic mass is 16.5. The maximum absolute atomic E-state index is 12.2. The lowest BCUT2D eigenvalue weighted by Gasteiger charge is -2.34. The first-order valence-corrected chi connectivity index (χ1v) is 12.2. The highest BCUT2D eigenvalue weighted by molar-refractivity contribution is 5.89. The van der Waals surface area contributed by atoms with Crippen LogP contribution >= 0.6 is 0 Å². The summed E-state index contributed by atoms with van der Waals surface area (Å²) < 4.78 is 5.77. The number of hydrogen-bond acceptors (Lipinski definition) is 7. The number of nitrogens with one attached hydrogen (secondary N) is 2. The van der Waals surface area contributed by atoms with E-state index < -0.39 is 0 Å². The fourth-order valence-electron chi connectivity index (χ4n) is 5.88. The van der Waals surface area contributed by atoms with E-state index in [1.807, 2.05) is 6.07 Å². The van der Waals surface area contributed by atoms with Gasteiger partial charge in [-0.25, -0.2) is 9.97 Å². The summed E-state index contributed by atoms with van der Waals surface area (Å²) in [5, 5.41) is 3.59. The number of H-pyrrole nitrogens is 1. The molecule has 4 N–H and O–H groups in total. The number of benzene rings is 1. The quantitative estimate of drug-likeness (QED) is 0.472. The second-order valence-electron chi connectivity index (χ2n) is 9.86. The average Bonchev–Trinajstić information content (AvgIpc) is 3.59. The van der Waals surface area contributed by atoms with Gasteiger partial charge in [-0.3, -0.25) is 4.79 Å². The Bertz CT molecular complexity index is 1290. The Morgan fingerprint density at radius 3 is 2.74 bits per heavy atom. The molecule has 2 aromatic heterocycles. The van der Waals surface area contributed by atoms with Gasteiger partial charge in [0.1, 0.15) is 17.1 Å². The summed E-state index contributed by atoms with van der Waals surface area (Å²) >= 11 is 0. The van der Waals surface area contributed by atoms with Crippen LogP contribution in [0, 0.1) is 17.8 Å². The normalized spacial score (nSPS) is 25.9. The third kappa shape index (κ3) is 3.80. The molecule has 0 radical (unpaired) electrons. The molecular weight excluding hydrogens is 442 g/mol. The number of primary amides is 1. The van der Waals surface area contributed by atoms with Crippen molar-refractivity contribution in [3.8, 4) is 17.1 Å². The van der Waals surface area contributed by atoms with Gasteiger partial charge in [-0.15, -0.1) is 0 Å². The summed E-state index contributed by atoms with van der Waals surface area (Å²) in [5.74, 6) is 1.51. The predicted octanol–water partition coefficient (Wildman–Crippen LogP) is 2.47. The van der Waals surface area contributed by atoms with Gasteiger partial charge in [0.05, 0.1) is 24.3 Å². The Morgan fingerprint density at radius 2 is 1.97 bits per heavy atom. The summed E-state index contributed by atoms with van der Waals surface area (Å²) in [6, 6.07) is 8.16. The molecule has 1 saturated heterocycles. The second kappa shape index (κ2) is 8.57. The number of piperazine rings is 1. The molecule has 1 aliphatic heterocycles. The minimum atomic E-state index is -0.250. The summed E-state index contributed by atoms with van der Waals surface area (Å²) in [6.45, 7) is 4.08. The van der Waals surface area contributed by atoms with Gasteiger partial charge in [0, 0.05) is 50.2 Å². The lowest BCUT2D eigenvalue weighted by Crippen LogP contribution is -2.44. The van der Waals surface area contributed by atoms with Crippen LogP contribution in [0.25, 0.3) is 22.6 Å². The number of aromatic amines is 1. The second-order valence-corrected chi connectivity index (χ2v) is 9.86. The topological polar surface area (TPSA) is 112 Å².